The molecule has 6 N–H and O–H groups in total. The lowest BCUT2D eigenvalue weighted by atomic mass is 9.99. The Kier molecular flexibility index (Phi) is 41.3. The predicted octanol–water partition coefficient (Wildman–Crippen LogP) is 11.6. The van der Waals surface area contributed by atoms with Crippen LogP contribution in [0.4, 0.5) is 0 Å². The molecule has 0 aromatic heterocycles. The minimum Gasteiger partial charge on any atom is -0.454 e. The van der Waals surface area contributed by atoms with Crippen LogP contribution in [0.25, 0.3) is 0 Å². The molecule has 65 heavy (non-hydrogen) atoms. The number of allylic oxidation sites excluding steroid dienone is 1. The number of rotatable bonds is 46. The number of ether oxygens (including phenoxy) is 3. The Morgan fingerprint density at radius 1 is 0.585 bits per heavy atom. The first-order valence-electron chi connectivity index (χ1n) is 27.5. The van der Waals surface area contributed by atoms with Crippen LogP contribution in [-0.2, 0) is 23.8 Å². The van der Waals surface area contributed by atoms with Crippen molar-refractivity contribution in [2.75, 3.05) is 13.2 Å². The Balaban J connectivity index is 2.74. The largest absolute Gasteiger partial charge is 0.454 e. The fourth-order valence-electron chi connectivity index (χ4n) is 8.77. The molecule has 11 nitrogen and oxygen atoms in total. The molecular weight excluding hydrogens is 823 g/mol. The molecule has 8 unspecified atom stereocenters. The van der Waals surface area contributed by atoms with E-state index in [0.717, 1.165) is 57.8 Å². The number of nitrogens with one attached hydrogen (secondary N) is 1. The SMILES string of the molecule is CCCCCCCCCCC/C=C/C(O)C(COC1OC(CO)C(O)C(O)C1OC(=O)CCCCCCCCCCCCC)NC(=O)C(O)CCCCCCCCCCCCCCCC. The van der Waals surface area contributed by atoms with E-state index < -0.39 is 67.4 Å². The highest BCUT2D eigenvalue weighted by Gasteiger charge is 2.47. The molecule has 1 saturated heterocycles. The number of unbranched alkanes of at least 4 members (excludes halogenated alkanes) is 32. The molecule has 11 heteroatoms. The standard InChI is InChI=1S/C54H103NO10/c1-4-7-10-13-16-19-22-23-24-27-29-32-35-38-41-47(58)53(62)55-45(46(57)40-37-34-31-28-25-20-17-14-11-8-5-2)44-63-54-52(51(61)50(60)48(43-56)64-54)65-49(59)42-39-36-33-30-26-21-18-15-12-9-6-3/h37,40,45-48,50-52,54,56-58,60-61H,4-36,38-39,41-44H2,1-3H3,(H,55,62)/b40-37+. The van der Waals surface area contributed by atoms with E-state index in [1.165, 1.54) is 154 Å². The number of esters is 1. The summed E-state index contributed by atoms with van der Waals surface area (Å²) in [6.45, 7) is 5.76. The minimum absolute atomic E-state index is 0.130. The minimum atomic E-state index is -1.60. The van der Waals surface area contributed by atoms with Gasteiger partial charge >= 0.3 is 5.97 Å². The van der Waals surface area contributed by atoms with Crippen molar-refractivity contribution in [3.05, 3.63) is 12.2 Å². The topological polar surface area (TPSA) is 175 Å². The van der Waals surface area contributed by atoms with Crippen LogP contribution in [0.5, 0.6) is 0 Å². The molecule has 0 spiro atoms. The summed E-state index contributed by atoms with van der Waals surface area (Å²) in [5, 5.41) is 56.6. The summed E-state index contributed by atoms with van der Waals surface area (Å²) >= 11 is 0. The van der Waals surface area contributed by atoms with Crippen molar-refractivity contribution >= 4 is 11.9 Å². The third kappa shape index (κ3) is 32.7. The van der Waals surface area contributed by atoms with Crippen molar-refractivity contribution in [3.63, 3.8) is 0 Å². The molecule has 1 heterocycles. The highest BCUT2D eigenvalue weighted by Crippen LogP contribution is 2.26. The van der Waals surface area contributed by atoms with Gasteiger partial charge in [0.2, 0.25) is 5.91 Å². The van der Waals surface area contributed by atoms with Gasteiger partial charge in [0.15, 0.2) is 12.4 Å². The predicted molar refractivity (Wildman–Crippen MR) is 265 cm³/mol. The van der Waals surface area contributed by atoms with E-state index in [0.29, 0.717) is 19.3 Å². The monoisotopic (exact) mass is 926 g/mol. The molecule has 1 aliphatic heterocycles. The molecule has 8 atom stereocenters. The van der Waals surface area contributed by atoms with Gasteiger partial charge in [-0.25, -0.2) is 0 Å². The number of amides is 1. The Bertz CT molecular complexity index is 1110. The first kappa shape index (κ1) is 61.4. The van der Waals surface area contributed by atoms with Crippen LogP contribution >= 0.6 is 0 Å². The van der Waals surface area contributed by atoms with Crippen LogP contribution in [0.1, 0.15) is 258 Å². The average molecular weight is 926 g/mol. The van der Waals surface area contributed by atoms with Gasteiger partial charge in [0.05, 0.1) is 25.4 Å². The highest BCUT2D eigenvalue weighted by molar-refractivity contribution is 5.80. The molecule has 0 radical (unpaired) electrons. The number of carbonyl (C=O) groups is 2. The second kappa shape index (κ2) is 43.7. The molecule has 0 aromatic rings. The smallest absolute Gasteiger partial charge is 0.306 e. The van der Waals surface area contributed by atoms with Gasteiger partial charge in [-0.2, -0.15) is 0 Å². The van der Waals surface area contributed by atoms with E-state index in [1.54, 1.807) is 6.08 Å². The summed E-state index contributed by atoms with van der Waals surface area (Å²) in [6, 6.07) is -1.01. The maximum Gasteiger partial charge on any atom is 0.306 e. The normalized spacial score (nSPS) is 20.3. The number of carbonyl (C=O) groups excluding carboxylic acids is 2. The number of hydrogen-bond donors (Lipinski definition) is 6. The van der Waals surface area contributed by atoms with Gasteiger partial charge in [-0.1, -0.05) is 238 Å². The average Bonchev–Trinajstić information content (AvgIpc) is 3.30. The molecule has 1 rings (SSSR count). The summed E-state index contributed by atoms with van der Waals surface area (Å²) in [6.07, 6.45) is 35.5. The summed E-state index contributed by atoms with van der Waals surface area (Å²) in [7, 11) is 0. The van der Waals surface area contributed by atoms with Gasteiger partial charge in [0.1, 0.15) is 24.4 Å². The van der Waals surface area contributed by atoms with Crippen LogP contribution < -0.4 is 5.32 Å². The Morgan fingerprint density at radius 2 is 1.00 bits per heavy atom. The molecule has 1 fully saturated rings. The van der Waals surface area contributed by atoms with E-state index in [2.05, 4.69) is 26.1 Å². The van der Waals surface area contributed by atoms with Gasteiger partial charge in [-0.3, -0.25) is 9.59 Å². The van der Waals surface area contributed by atoms with E-state index in [9.17, 15) is 35.1 Å². The fourth-order valence-corrected chi connectivity index (χ4v) is 8.77. The fraction of sp³-hybridized carbons (Fsp3) is 0.926. The second-order valence-corrected chi connectivity index (χ2v) is 19.3. The van der Waals surface area contributed by atoms with E-state index in [4.69, 9.17) is 14.2 Å². The highest BCUT2D eigenvalue weighted by atomic mass is 16.7. The maximum absolute atomic E-state index is 13.3. The second-order valence-electron chi connectivity index (χ2n) is 19.3. The summed E-state index contributed by atoms with van der Waals surface area (Å²) < 4.78 is 17.5. The van der Waals surface area contributed by atoms with Crippen LogP contribution in [0.15, 0.2) is 12.2 Å². The summed E-state index contributed by atoms with van der Waals surface area (Å²) in [4.78, 5) is 26.3. The van der Waals surface area contributed by atoms with Crippen molar-refractivity contribution in [3.8, 4) is 0 Å². The van der Waals surface area contributed by atoms with Gasteiger partial charge in [0.25, 0.3) is 0 Å². The molecular formula is C54H103NO10. The number of aliphatic hydroxyl groups is 5. The first-order chi connectivity index (χ1) is 31.7. The number of aliphatic hydroxyl groups excluding tert-OH is 5. The molecule has 1 aliphatic rings. The zero-order valence-electron chi connectivity index (χ0n) is 42.1. The summed E-state index contributed by atoms with van der Waals surface area (Å²) in [5.74, 6) is -1.18. The number of hydrogen-bond acceptors (Lipinski definition) is 10. The Morgan fingerprint density at radius 3 is 1.45 bits per heavy atom. The van der Waals surface area contributed by atoms with Gasteiger partial charge in [-0.15, -0.1) is 0 Å². The van der Waals surface area contributed by atoms with E-state index in [1.807, 2.05) is 6.08 Å². The molecule has 0 bridgehead atoms. The third-order valence-corrected chi connectivity index (χ3v) is 13.2. The Hall–Kier alpha value is -1.60. The quantitative estimate of drug-likeness (QED) is 0.0196. The molecule has 0 saturated carbocycles. The van der Waals surface area contributed by atoms with Gasteiger partial charge in [0, 0.05) is 6.42 Å². The molecule has 0 aromatic carbocycles. The lowest BCUT2D eigenvalue weighted by molar-refractivity contribution is -0.305. The zero-order valence-corrected chi connectivity index (χ0v) is 42.1. The maximum atomic E-state index is 13.3. The van der Waals surface area contributed by atoms with Crippen LogP contribution in [0, 0.1) is 0 Å². The van der Waals surface area contributed by atoms with Crippen molar-refractivity contribution < 1.29 is 49.3 Å². The zero-order chi connectivity index (χ0) is 47.6. The van der Waals surface area contributed by atoms with Crippen molar-refractivity contribution in [2.24, 2.45) is 0 Å². The van der Waals surface area contributed by atoms with Crippen LogP contribution in [0.2, 0.25) is 0 Å². The van der Waals surface area contributed by atoms with Crippen LogP contribution in [-0.4, -0.2) is 99.6 Å². The van der Waals surface area contributed by atoms with Crippen molar-refractivity contribution in [1.82, 2.24) is 5.32 Å². The lowest BCUT2D eigenvalue weighted by Crippen LogP contribution is -2.61. The van der Waals surface area contributed by atoms with Crippen molar-refractivity contribution in [2.45, 2.75) is 307 Å². The first-order valence-corrected chi connectivity index (χ1v) is 27.5. The van der Waals surface area contributed by atoms with Gasteiger partial charge < -0.3 is 45.1 Å². The lowest BCUT2D eigenvalue weighted by Gasteiger charge is -2.41. The molecule has 0 aliphatic carbocycles. The molecule has 1 amide bonds. The van der Waals surface area contributed by atoms with Gasteiger partial charge in [-0.05, 0) is 25.7 Å². The molecule has 384 valence electrons. The van der Waals surface area contributed by atoms with E-state index >= 15 is 0 Å². The van der Waals surface area contributed by atoms with Crippen LogP contribution in [0.3, 0.4) is 0 Å². The third-order valence-electron chi connectivity index (χ3n) is 13.2. The Labute approximate surface area is 398 Å². The van der Waals surface area contributed by atoms with Crippen molar-refractivity contribution in [1.29, 1.82) is 0 Å². The summed E-state index contributed by atoms with van der Waals surface area (Å²) in [5.41, 5.74) is 0. The van der Waals surface area contributed by atoms with E-state index in [-0.39, 0.29) is 13.0 Å².